The van der Waals surface area contributed by atoms with Crippen LogP contribution >= 0.6 is 11.5 Å². The van der Waals surface area contributed by atoms with Crippen LogP contribution < -0.4 is 5.32 Å². The maximum Gasteiger partial charge on any atom is 0.253 e. The summed E-state index contributed by atoms with van der Waals surface area (Å²) in [7, 11) is 2.16. The van der Waals surface area contributed by atoms with Crippen molar-refractivity contribution in [3.63, 3.8) is 0 Å². The minimum atomic E-state index is -0.00581. The third-order valence-electron chi connectivity index (χ3n) is 5.85. The lowest BCUT2D eigenvalue weighted by Crippen LogP contribution is -2.59. The number of fused-ring (bicyclic) bond motifs is 3. The number of amides is 1. The number of carbonyl (C=O) groups excluding carboxylic acids is 1. The van der Waals surface area contributed by atoms with E-state index in [0.29, 0.717) is 17.6 Å². The molecule has 7 heteroatoms. The molecule has 4 heterocycles. The summed E-state index contributed by atoms with van der Waals surface area (Å²) in [4.78, 5) is 15.5. The molecule has 3 aromatic rings. The molecule has 1 N–H and O–H groups in total. The molecule has 0 aliphatic carbocycles. The van der Waals surface area contributed by atoms with Gasteiger partial charge in [0.2, 0.25) is 0 Å². The van der Waals surface area contributed by atoms with Gasteiger partial charge < -0.3 is 10.1 Å². The zero-order valence-electron chi connectivity index (χ0n) is 15.2. The van der Waals surface area contributed by atoms with E-state index in [4.69, 9.17) is 4.74 Å². The Labute approximate surface area is 161 Å². The van der Waals surface area contributed by atoms with Crippen molar-refractivity contribution in [1.82, 2.24) is 19.2 Å². The van der Waals surface area contributed by atoms with Crippen molar-refractivity contribution in [1.29, 1.82) is 0 Å². The van der Waals surface area contributed by atoms with Crippen LogP contribution in [0.2, 0.25) is 0 Å². The van der Waals surface area contributed by atoms with E-state index >= 15 is 0 Å². The number of aromatic nitrogens is 2. The van der Waals surface area contributed by atoms with Crippen molar-refractivity contribution >= 4 is 28.3 Å². The first-order chi connectivity index (χ1) is 13.2. The lowest BCUT2D eigenvalue weighted by Gasteiger charge is -2.46. The second-order valence-corrected chi connectivity index (χ2v) is 8.11. The number of benzene rings is 1. The highest BCUT2D eigenvalue weighted by Crippen LogP contribution is 2.28. The number of piperidine rings is 1. The van der Waals surface area contributed by atoms with Gasteiger partial charge in [-0.15, -0.1) is 0 Å². The summed E-state index contributed by atoms with van der Waals surface area (Å²) in [5.74, 6) is 0.843. The molecule has 3 atom stereocenters. The normalized spacial score (nSPS) is 25.6. The van der Waals surface area contributed by atoms with Crippen molar-refractivity contribution < 1.29 is 9.53 Å². The molecule has 0 spiro atoms. The molecule has 2 aliphatic rings. The molecule has 2 bridgehead atoms. The Morgan fingerprint density at radius 3 is 2.74 bits per heavy atom. The Morgan fingerprint density at radius 1 is 1.22 bits per heavy atom. The van der Waals surface area contributed by atoms with Gasteiger partial charge in [0.15, 0.2) is 5.82 Å². The van der Waals surface area contributed by atoms with Crippen LogP contribution in [0.5, 0.6) is 0 Å². The van der Waals surface area contributed by atoms with E-state index in [1.807, 2.05) is 46.5 Å². The quantitative estimate of drug-likeness (QED) is 0.757. The first-order valence-electron chi connectivity index (χ1n) is 9.32. The van der Waals surface area contributed by atoms with Crippen molar-refractivity contribution in [2.24, 2.45) is 0 Å². The van der Waals surface area contributed by atoms with Crippen LogP contribution in [0.15, 0.2) is 41.9 Å². The molecule has 0 saturated carbocycles. The van der Waals surface area contributed by atoms with Gasteiger partial charge in [-0.3, -0.25) is 14.3 Å². The maximum absolute atomic E-state index is 13.1. The maximum atomic E-state index is 13.1. The number of hydrogen-bond acceptors (Lipinski definition) is 5. The molecule has 2 saturated heterocycles. The van der Waals surface area contributed by atoms with E-state index in [1.165, 1.54) is 11.5 Å². The third kappa shape index (κ3) is 2.96. The number of para-hydroxylation sites is 1. The van der Waals surface area contributed by atoms with Gasteiger partial charge in [0.1, 0.15) is 0 Å². The summed E-state index contributed by atoms with van der Waals surface area (Å²) < 4.78 is 12.1. The first-order valence-corrected chi connectivity index (χ1v) is 10.2. The van der Waals surface area contributed by atoms with Crippen LogP contribution in [0.25, 0.3) is 16.7 Å². The number of rotatable bonds is 3. The van der Waals surface area contributed by atoms with Crippen molar-refractivity contribution in [3.8, 4) is 5.82 Å². The Kier molecular flexibility index (Phi) is 4.22. The standard InChI is InChI=1S/C20H22N4O2S/c1-23-14-8-13(9-15(23)12-26-11-14)21-20(25)17-10-24(19-6-7-27-22-19)18-5-3-2-4-16(17)18/h2-7,10,13-15H,8-9,11-12H2,1H3,(H,21,25)/t13-,14-,15+. The zero-order chi connectivity index (χ0) is 18.4. The molecule has 140 valence electrons. The van der Waals surface area contributed by atoms with E-state index in [2.05, 4.69) is 21.6 Å². The lowest BCUT2D eigenvalue weighted by atomic mass is 9.90. The predicted molar refractivity (Wildman–Crippen MR) is 106 cm³/mol. The van der Waals surface area contributed by atoms with Crippen molar-refractivity contribution in [2.45, 2.75) is 31.0 Å². The summed E-state index contributed by atoms with van der Waals surface area (Å²) >= 11 is 1.41. The Balaban J connectivity index is 1.43. The molecule has 27 heavy (non-hydrogen) atoms. The summed E-state index contributed by atoms with van der Waals surface area (Å²) in [6.45, 7) is 1.50. The molecular formula is C20H22N4O2S. The Morgan fingerprint density at radius 2 is 2.00 bits per heavy atom. The van der Waals surface area contributed by atoms with Gasteiger partial charge in [-0.2, -0.15) is 4.37 Å². The zero-order valence-corrected chi connectivity index (χ0v) is 16.0. The van der Waals surface area contributed by atoms with Gasteiger partial charge >= 0.3 is 0 Å². The van der Waals surface area contributed by atoms with Crippen LogP contribution in [0.4, 0.5) is 0 Å². The summed E-state index contributed by atoms with van der Waals surface area (Å²) in [6.07, 6.45) is 3.78. The van der Waals surface area contributed by atoms with Crippen LogP contribution in [-0.4, -0.2) is 58.1 Å². The van der Waals surface area contributed by atoms with Gasteiger partial charge in [-0.05, 0) is 43.6 Å². The second kappa shape index (κ2) is 6.74. The second-order valence-electron chi connectivity index (χ2n) is 7.44. The molecule has 2 aliphatic heterocycles. The van der Waals surface area contributed by atoms with E-state index in [-0.39, 0.29) is 11.9 Å². The fourth-order valence-corrected chi connectivity index (χ4v) is 4.86. The van der Waals surface area contributed by atoms with Crippen molar-refractivity contribution in [2.75, 3.05) is 20.3 Å². The number of likely N-dealkylation sites (N-methyl/N-ethyl adjacent to an activating group) is 1. The topological polar surface area (TPSA) is 59.4 Å². The average molecular weight is 382 g/mol. The molecule has 5 rings (SSSR count). The van der Waals surface area contributed by atoms with Crippen LogP contribution in [-0.2, 0) is 4.74 Å². The highest BCUT2D eigenvalue weighted by molar-refractivity contribution is 7.03. The average Bonchev–Trinajstić information content (AvgIpc) is 3.30. The number of nitrogens with zero attached hydrogens (tertiary/aromatic N) is 3. The van der Waals surface area contributed by atoms with Crippen LogP contribution in [0.1, 0.15) is 23.2 Å². The number of carbonyl (C=O) groups is 1. The molecular weight excluding hydrogens is 360 g/mol. The number of nitrogens with one attached hydrogen (secondary N) is 1. The Bertz CT molecular complexity index is 954. The largest absolute Gasteiger partial charge is 0.378 e. The van der Waals surface area contributed by atoms with Crippen LogP contribution in [0.3, 0.4) is 0 Å². The Hall–Kier alpha value is -2.22. The van der Waals surface area contributed by atoms with Crippen molar-refractivity contribution in [3.05, 3.63) is 47.5 Å². The van der Waals surface area contributed by atoms with E-state index in [1.54, 1.807) is 0 Å². The predicted octanol–water partition coefficient (Wildman–Crippen LogP) is 2.68. The van der Waals surface area contributed by atoms with E-state index in [0.717, 1.165) is 42.8 Å². The SMILES string of the molecule is CN1[C@@H]2COC[C@H]1C[C@@H](NC(=O)c1cn(-c3ccsn3)c3ccccc13)C2. The molecule has 1 aromatic carbocycles. The van der Waals surface area contributed by atoms with Crippen LogP contribution in [0, 0.1) is 0 Å². The highest BCUT2D eigenvalue weighted by Gasteiger charge is 2.37. The van der Waals surface area contributed by atoms with Gasteiger partial charge in [0.25, 0.3) is 5.91 Å². The molecule has 2 fully saturated rings. The summed E-state index contributed by atoms with van der Waals surface area (Å²) in [6, 6.07) is 10.9. The highest BCUT2D eigenvalue weighted by atomic mass is 32.1. The van der Waals surface area contributed by atoms with E-state index < -0.39 is 0 Å². The lowest BCUT2D eigenvalue weighted by molar-refractivity contribution is -0.0670. The van der Waals surface area contributed by atoms with E-state index in [9.17, 15) is 4.79 Å². The van der Waals surface area contributed by atoms with Gasteiger partial charge in [0, 0.05) is 35.1 Å². The monoisotopic (exact) mass is 382 g/mol. The summed E-state index contributed by atoms with van der Waals surface area (Å²) in [5, 5.41) is 6.19. The molecule has 0 unspecified atom stereocenters. The molecule has 2 aromatic heterocycles. The summed E-state index contributed by atoms with van der Waals surface area (Å²) in [5.41, 5.74) is 1.71. The van der Waals surface area contributed by atoms with Gasteiger partial charge in [-0.25, -0.2) is 0 Å². The molecule has 1 amide bonds. The number of ether oxygens (including phenoxy) is 1. The fraction of sp³-hybridized carbons (Fsp3) is 0.400. The van der Waals surface area contributed by atoms with Gasteiger partial charge in [-0.1, -0.05) is 18.2 Å². The smallest absolute Gasteiger partial charge is 0.253 e. The third-order valence-corrected chi connectivity index (χ3v) is 6.40. The van der Waals surface area contributed by atoms with Gasteiger partial charge in [0.05, 0.1) is 24.3 Å². The molecule has 0 radical (unpaired) electrons. The molecule has 6 nitrogen and oxygen atoms in total. The minimum Gasteiger partial charge on any atom is -0.378 e. The first kappa shape index (κ1) is 16.9. The minimum absolute atomic E-state index is 0.00581. The number of morpholine rings is 1. The fourth-order valence-electron chi connectivity index (χ4n) is 4.36. The number of hydrogen-bond donors (Lipinski definition) is 1.